The molecule has 0 aliphatic carbocycles. The van der Waals surface area contributed by atoms with E-state index in [0.717, 1.165) is 47.5 Å². The predicted molar refractivity (Wildman–Crippen MR) is 169 cm³/mol. The van der Waals surface area contributed by atoms with E-state index in [1.165, 1.54) is 11.6 Å². The predicted octanol–water partition coefficient (Wildman–Crippen LogP) is 5.67. The summed E-state index contributed by atoms with van der Waals surface area (Å²) in [6, 6.07) is 24.0. The number of hydrogen-bond donors (Lipinski definition) is 2. The number of carbonyl (C=O) groups is 2. The Hall–Kier alpha value is -5.20. The number of halogens is 1. The van der Waals surface area contributed by atoms with Crippen molar-refractivity contribution in [2.75, 3.05) is 41.3 Å². The second kappa shape index (κ2) is 11.1. The normalized spacial score (nSPS) is 18.5. The van der Waals surface area contributed by atoms with Crippen molar-refractivity contribution >= 4 is 45.3 Å². The molecule has 0 unspecified atom stereocenters. The summed E-state index contributed by atoms with van der Waals surface area (Å²) in [5.74, 6) is -0.699. The van der Waals surface area contributed by atoms with Crippen LogP contribution in [0, 0.1) is 17.1 Å². The van der Waals surface area contributed by atoms with Gasteiger partial charge in [-0.3, -0.25) is 19.4 Å². The number of amides is 2. The van der Waals surface area contributed by atoms with Crippen molar-refractivity contribution in [3.63, 3.8) is 0 Å². The Labute approximate surface area is 255 Å². The van der Waals surface area contributed by atoms with E-state index in [9.17, 15) is 14.0 Å². The van der Waals surface area contributed by atoms with Gasteiger partial charge in [0.25, 0.3) is 5.91 Å². The number of hydrogen-bond acceptors (Lipinski definition) is 6. The molecule has 220 valence electrons. The van der Waals surface area contributed by atoms with Crippen LogP contribution in [0.5, 0.6) is 0 Å². The monoisotopic (exact) mass is 586 g/mol. The molecule has 0 bridgehead atoms. The number of rotatable bonds is 6. The fourth-order valence-electron chi connectivity index (χ4n) is 6.52. The van der Waals surface area contributed by atoms with Crippen LogP contribution >= 0.6 is 0 Å². The van der Waals surface area contributed by atoms with Crippen LogP contribution in [0.25, 0.3) is 10.8 Å². The van der Waals surface area contributed by atoms with Crippen LogP contribution in [-0.4, -0.2) is 48.9 Å². The summed E-state index contributed by atoms with van der Waals surface area (Å²) >= 11 is 0. The quantitative estimate of drug-likeness (QED) is 0.303. The highest BCUT2D eigenvalue weighted by atomic mass is 19.1. The molecule has 2 amide bonds. The number of carbonyl (C=O) groups excluding carboxylic acids is 2. The summed E-state index contributed by atoms with van der Waals surface area (Å²) in [7, 11) is 0. The molecule has 2 N–H and O–H groups in total. The van der Waals surface area contributed by atoms with Gasteiger partial charge in [0, 0.05) is 66.1 Å². The van der Waals surface area contributed by atoms with E-state index in [1.807, 2.05) is 41.3 Å². The number of piperidine rings is 1. The van der Waals surface area contributed by atoms with Crippen molar-refractivity contribution in [2.24, 2.45) is 0 Å². The molecule has 0 radical (unpaired) electrons. The first-order chi connectivity index (χ1) is 21.4. The van der Waals surface area contributed by atoms with Gasteiger partial charge in [-0.1, -0.05) is 30.8 Å². The van der Waals surface area contributed by atoms with Crippen LogP contribution in [0.3, 0.4) is 0 Å². The zero-order chi connectivity index (χ0) is 30.4. The van der Waals surface area contributed by atoms with E-state index < -0.39 is 6.04 Å². The Morgan fingerprint density at radius 3 is 2.48 bits per heavy atom. The largest absolute Gasteiger partial charge is 0.367 e. The van der Waals surface area contributed by atoms with Crippen LogP contribution < -0.4 is 20.4 Å². The smallest absolute Gasteiger partial charge is 0.259 e. The van der Waals surface area contributed by atoms with Gasteiger partial charge in [0.2, 0.25) is 5.91 Å². The molecule has 3 aliphatic heterocycles. The first kappa shape index (κ1) is 27.6. The van der Waals surface area contributed by atoms with E-state index in [-0.39, 0.29) is 17.6 Å². The van der Waals surface area contributed by atoms with E-state index in [0.29, 0.717) is 48.4 Å². The number of benzene rings is 4. The van der Waals surface area contributed by atoms with E-state index in [4.69, 9.17) is 5.26 Å². The molecule has 0 aromatic heterocycles. The van der Waals surface area contributed by atoms with Crippen molar-refractivity contribution in [3.8, 4) is 6.07 Å². The summed E-state index contributed by atoms with van der Waals surface area (Å²) in [6.07, 6.45) is 1.19. The van der Waals surface area contributed by atoms with Crippen LogP contribution in [0.1, 0.15) is 34.3 Å². The average Bonchev–Trinajstić information content (AvgIpc) is 3.32. The number of piperazine rings is 1. The zero-order valence-corrected chi connectivity index (χ0v) is 24.1. The van der Waals surface area contributed by atoms with E-state index in [1.54, 1.807) is 17.0 Å². The second-order valence-corrected chi connectivity index (χ2v) is 11.5. The van der Waals surface area contributed by atoms with Crippen LogP contribution in [-0.2, 0) is 11.3 Å². The average molecular weight is 587 g/mol. The van der Waals surface area contributed by atoms with Gasteiger partial charge in [0.1, 0.15) is 11.9 Å². The molecular weight excluding hydrogens is 555 g/mol. The Morgan fingerprint density at radius 1 is 0.977 bits per heavy atom. The van der Waals surface area contributed by atoms with Gasteiger partial charge in [-0.05, 0) is 66.9 Å². The fraction of sp³-hybridized carbons (Fsp3) is 0.229. The first-order valence-electron chi connectivity index (χ1n) is 14.8. The molecule has 4 aromatic rings. The standard InChI is InChI=1S/C35H31FN6O2/c1-22-5-12-32(34(43)38-22)42-31-14-11-29(26-3-2-4-27(33(26)31)35(42)44)39-25-9-6-23(7-10-25)21-40-15-17-41(18-16-40)30-13-8-24(20-37)19-28(30)36/h2-4,6-11,13-14,19,32,39H,1,5,12,15-18,21H2,(H,38,43)/t32-/m0/s1. The minimum Gasteiger partial charge on any atom is -0.367 e. The summed E-state index contributed by atoms with van der Waals surface area (Å²) in [4.78, 5) is 32.3. The van der Waals surface area contributed by atoms with Gasteiger partial charge in [-0.15, -0.1) is 0 Å². The molecule has 2 fully saturated rings. The maximum atomic E-state index is 14.5. The van der Waals surface area contributed by atoms with Crippen molar-refractivity contribution in [2.45, 2.75) is 25.4 Å². The Bertz CT molecular complexity index is 1860. The first-order valence-corrected chi connectivity index (χ1v) is 14.8. The van der Waals surface area contributed by atoms with Gasteiger partial charge in [0.05, 0.1) is 23.0 Å². The molecule has 2 saturated heterocycles. The van der Waals surface area contributed by atoms with E-state index >= 15 is 0 Å². The lowest BCUT2D eigenvalue weighted by atomic mass is 10.0. The molecule has 0 spiro atoms. The van der Waals surface area contributed by atoms with E-state index in [2.05, 4.69) is 46.4 Å². The van der Waals surface area contributed by atoms with Gasteiger partial charge >= 0.3 is 0 Å². The number of allylic oxidation sites excluding steroid dienone is 1. The maximum absolute atomic E-state index is 14.5. The molecule has 4 aromatic carbocycles. The van der Waals surface area contributed by atoms with Crippen molar-refractivity contribution in [3.05, 3.63) is 108 Å². The third-order valence-electron chi connectivity index (χ3n) is 8.79. The number of anilines is 4. The summed E-state index contributed by atoms with van der Waals surface area (Å²) in [5, 5.41) is 17.1. The van der Waals surface area contributed by atoms with Crippen LogP contribution in [0.15, 0.2) is 85.1 Å². The third kappa shape index (κ3) is 4.93. The number of nitriles is 1. The van der Waals surface area contributed by atoms with Gasteiger partial charge in [0.15, 0.2) is 0 Å². The molecule has 1 atom stereocenters. The third-order valence-corrected chi connectivity index (χ3v) is 8.79. The highest BCUT2D eigenvalue weighted by Gasteiger charge is 2.40. The Balaban J connectivity index is 1.03. The molecule has 44 heavy (non-hydrogen) atoms. The molecule has 8 nitrogen and oxygen atoms in total. The summed E-state index contributed by atoms with van der Waals surface area (Å²) in [6.45, 7) is 7.72. The molecule has 0 saturated carbocycles. The summed E-state index contributed by atoms with van der Waals surface area (Å²) in [5.41, 5.74) is 5.93. The fourth-order valence-corrected chi connectivity index (χ4v) is 6.52. The van der Waals surface area contributed by atoms with Gasteiger partial charge < -0.3 is 15.5 Å². The summed E-state index contributed by atoms with van der Waals surface area (Å²) < 4.78 is 14.5. The number of nitrogens with one attached hydrogen (secondary N) is 2. The van der Waals surface area contributed by atoms with Crippen molar-refractivity contribution < 1.29 is 14.0 Å². The lowest BCUT2D eigenvalue weighted by Gasteiger charge is -2.36. The number of nitrogens with zero attached hydrogens (tertiary/aromatic N) is 4. The molecule has 7 rings (SSSR count). The van der Waals surface area contributed by atoms with Crippen LogP contribution in [0.4, 0.5) is 27.1 Å². The van der Waals surface area contributed by atoms with Crippen molar-refractivity contribution in [1.82, 2.24) is 10.2 Å². The minimum absolute atomic E-state index is 0.150. The highest BCUT2D eigenvalue weighted by molar-refractivity contribution is 6.28. The topological polar surface area (TPSA) is 91.7 Å². The second-order valence-electron chi connectivity index (χ2n) is 11.5. The lowest BCUT2D eigenvalue weighted by molar-refractivity contribution is -0.122. The zero-order valence-electron chi connectivity index (χ0n) is 24.1. The molecule has 9 heteroatoms. The van der Waals surface area contributed by atoms with Gasteiger partial charge in [-0.2, -0.15) is 5.26 Å². The molecule has 3 aliphatic rings. The molecule has 3 heterocycles. The lowest BCUT2D eigenvalue weighted by Crippen LogP contribution is -2.51. The SMILES string of the molecule is C=C1CC[C@H](N2C(=O)c3cccc4c(Nc5ccc(CN6CCN(c7ccc(C#N)cc7F)CC6)cc5)ccc2c34)C(=O)N1. The molecular formula is C35H31FN6O2. The van der Waals surface area contributed by atoms with Crippen molar-refractivity contribution in [1.29, 1.82) is 5.26 Å². The Kier molecular flexibility index (Phi) is 6.99. The van der Waals surface area contributed by atoms with Crippen LogP contribution in [0.2, 0.25) is 0 Å². The minimum atomic E-state index is -0.560. The Morgan fingerprint density at radius 2 is 1.75 bits per heavy atom. The highest BCUT2D eigenvalue weighted by Crippen LogP contribution is 2.43. The maximum Gasteiger partial charge on any atom is 0.259 e. The van der Waals surface area contributed by atoms with Gasteiger partial charge in [-0.25, -0.2) is 4.39 Å².